The Balaban J connectivity index is 1.17. The molecule has 2 heterocycles. The van der Waals surface area contributed by atoms with Crippen molar-refractivity contribution < 1.29 is 8.83 Å². The topological polar surface area (TPSA) is 29.5 Å². The molecule has 10 aromatic rings. The first-order valence-electron chi connectivity index (χ1n) is 15.9. The van der Waals surface area contributed by atoms with Gasteiger partial charge in [0.2, 0.25) is 0 Å². The molecule has 3 nitrogen and oxygen atoms in total. The van der Waals surface area contributed by atoms with Crippen molar-refractivity contribution in [1.82, 2.24) is 0 Å². The molecular formula is C44H27NO2. The average Bonchev–Trinajstić information content (AvgIpc) is 3.70. The zero-order chi connectivity index (χ0) is 30.9. The maximum atomic E-state index is 6.20. The van der Waals surface area contributed by atoms with Crippen molar-refractivity contribution in [2.45, 2.75) is 0 Å². The lowest BCUT2D eigenvalue weighted by Crippen LogP contribution is -2.09. The Labute approximate surface area is 270 Å². The van der Waals surface area contributed by atoms with Crippen LogP contribution in [-0.2, 0) is 0 Å². The summed E-state index contributed by atoms with van der Waals surface area (Å²) >= 11 is 0. The number of nitrogens with zero attached hydrogens (tertiary/aromatic N) is 1. The molecule has 2 aromatic heterocycles. The van der Waals surface area contributed by atoms with Gasteiger partial charge < -0.3 is 13.7 Å². The lowest BCUT2D eigenvalue weighted by molar-refractivity contribution is 0.668. The summed E-state index contributed by atoms with van der Waals surface area (Å²) in [5, 5.41) is 9.43. The van der Waals surface area contributed by atoms with Gasteiger partial charge in [-0.1, -0.05) is 103 Å². The van der Waals surface area contributed by atoms with Gasteiger partial charge in [-0.05, 0) is 93.3 Å². The van der Waals surface area contributed by atoms with Crippen LogP contribution < -0.4 is 4.90 Å². The Morgan fingerprint density at radius 1 is 0.340 bits per heavy atom. The zero-order valence-electron chi connectivity index (χ0n) is 25.4. The molecule has 0 radical (unpaired) electrons. The van der Waals surface area contributed by atoms with Crippen molar-refractivity contribution in [1.29, 1.82) is 0 Å². The van der Waals surface area contributed by atoms with Gasteiger partial charge in [0.05, 0.1) is 0 Å². The van der Waals surface area contributed by atoms with Crippen molar-refractivity contribution in [2.24, 2.45) is 0 Å². The molecule has 0 aliphatic carbocycles. The van der Waals surface area contributed by atoms with Crippen molar-refractivity contribution in [2.75, 3.05) is 4.90 Å². The molecule has 0 saturated carbocycles. The largest absolute Gasteiger partial charge is 0.456 e. The molecule has 3 heteroatoms. The number of para-hydroxylation sites is 2. The van der Waals surface area contributed by atoms with Crippen molar-refractivity contribution >= 4 is 82.5 Å². The average molecular weight is 602 g/mol. The molecule has 0 aliphatic rings. The fraction of sp³-hybridized carbons (Fsp3) is 0. The minimum atomic E-state index is 0.884. The van der Waals surface area contributed by atoms with Crippen LogP contribution >= 0.6 is 0 Å². The van der Waals surface area contributed by atoms with E-state index in [1.807, 2.05) is 30.3 Å². The number of fused-ring (bicyclic) bond motifs is 9. The molecular weight excluding hydrogens is 574 g/mol. The van der Waals surface area contributed by atoms with E-state index in [1.54, 1.807) is 0 Å². The van der Waals surface area contributed by atoms with Gasteiger partial charge in [0.15, 0.2) is 0 Å². The second-order valence-corrected chi connectivity index (χ2v) is 12.1. The van der Waals surface area contributed by atoms with E-state index in [0.717, 1.165) is 72.1 Å². The van der Waals surface area contributed by atoms with Gasteiger partial charge in [0.1, 0.15) is 22.3 Å². The molecule has 0 fully saturated rings. The van der Waals surface area contributed by atoms with E-state index in [9.17, 15) is 0 Å². The molecule has 0 aliphatic heterocycles. The Hall–Kier alpha value is -6.32. The van der Waals surface area contributed by atoms with Gasteiger partial charge in [-0.3, -0.25) is 0 Å². The highest BCUT2D eigenvalue weighted by atomic mass is 16.3. The van der Waals surface area contributed by atoms with Crippen LogP contribution in [0.25, 0.3) is 76.5 Å². The third-order valence-electron chi connectivity index (χ3n) is 9.45. The lowest BCUT2D eigenvalue weighted by Gasteiger charge is -2.26. The predicted octanol–water partition coefficient (Wildman–Crippen LogP) is 12.9. The fourth-order valence-corrected chi connectivity index (χ4v) is 7.23. The van der Waals surface area contributed by atoms with Gasteiger partial charge in [-0.2, -0.15) is 0 Å². The van der Waals surface area contributed by atoms with E-state index in [4.69, 9.17) is 8.83 Å². The summed E-state index contributed by atoms with van der Waals surface area (Å²) in [6.07, 6.45) is 0. The van der Waals surface area contributed by atoms with E-state index in [-0.39, 0.29) is 0 Å². The van der Waals surface area contributed by atoms with Gasteiger partial charge in [0, 0.05) is 38.6 Å². The Morgan fingerprint density at radius 2 is 0.894 bits per heavy atom. The molecule has 0 bridgehead atoms. The number of anilines is 3. The fourth-order valence-electron chi connectivity index (χ4n) is 7.23. The number of rotatable bonds is 4. The zero-order valence-corrected chi connectivity index (χ0v) is 25.4. The maximum absolute atomic E-state index is 6.20. The van der Waals surface area contributed by atoms with Gasteiger partial charge in [0.25, 0.3) is 0 Å². The summed E-state index contributed by atoms with van der Waals surface area (Å²) in [5.74, 6) is 0. The summed E-state index contributed by atoms with van der Waals surface area (Å²) in [6.45, 7) is 0. The second-order valence-electron chi connectivity index (χ2n) is 12.1. The molecule has 0 N–H and O–H groups in total. The van der Waals surface area contributed by atoms with E-state index in [2.05, 4.69) is 138 Å². The number of furan rings is 2. The van der Waals surface area contributed by atoms with E-state index < -0.39 is 0 Å². The van der Waals surface area contributed by atoms with Gasteiger partial charge >= 0.3 is 0 Å². The Morgan fingerprint density at radius 3 is 1.72 bits per heavy atom. The Kier molecular flexibility index (Phi) is 5.57. The van der Waals surface area contributed by atoms with E-state index >= 15 is 0 Å². The van der Waals surface area contributed by atoms with Gasteiger partial charge in [-0.15, -0.1) is 0 Å². The lowest BCUT2D eigenvalue weighted by atomic mass is 9.98. The van der Waals surface area contributed by atoms with Crippen LogP contribution in [-0.4, -0.2) is 0 Å². The molecule has 220 valence electrons. The molecule has 0 spiro atoms. The molecule has 0 unspecified atom stereocenters. The highest BCUT2D eigenvalue weighted by Crippen LogP contribution is 2.42. The minimum absolute atomic E-state index is 0.884. The van der Waals surface area contributed by atoms with E-state index in [1.165, 1.54) is 21.5 Å². The number of hydrogen-bond acceptors (Lipinski definition) is 3. The minimum Gasteiger partial charge on any atom is -0.456 e. The van der Waals surface area contributed by atoms with Gasteiger partial charge in [-0.25, -0.2) is 0 Å². The first kappa shape index (κ1) is 26.0. The third kappa shape index (κ3) is 4.07. The molecule has 10 rings (SSSR count). The van der Waals surface area contributed by atoms with Crippen LogP contribution in [0.3, 0.4) is 0 Å². The Bertz CT molecular complexity index is 2800. The highest BCUT2D eigenvalue weighted by molar-refractivity contribution is 6.13. The van der Waals surface area contributed by atoms with Crippen molar-refractivity contribution in [3.63, 3.8) is 0 Å². The summed E-state index contributed by atoms with van der Waals surface area (Å²) in [4.78, 5) is 2.35. The molecule has 8 aromatic carbocycles. The first-order chi connectivity index (χ1) is 23.3. The molecule has 47 heavy (non-hydrogen) atoms. The van der Waals surface area contributed by atoms with Crippen molar-refractivity contribution in [3.05, 3.63) is 164 Å². The summed E-state index contributed by atoms with van der Waals surface area (Å²) < 4.78 is 12.4. The summed E-state index contributed by atoms with van der Waals surface area (Å²) in [7, 11) is 0. The van der Waals surface area contributed by atoms with Crippen LogP contribution in [0, 0.1) is 0 Å². The normalized spacial score (nSPS) is 11.8. The predicted molar refractivity (Wildman–Crippen MR) is 196 cm³/mol. The SMILES string of the molecule is c1ccc2c(c1)ccc1ccc(N(c3ccc(-c4cccc5oc6ccccc6c45)cc3)c3ccc4oc5ccccc5c4c3)cc12. The van der Waals surface area contributed by atoms with Crippen LogP contribution in [0.4, 0.5) is 17.1 Å². The molecule has 0 amide bonds. The maximum Gasteiger partial charge on any atom is 0.136 e. The monoisotopic (exact) mass is 601 g/mol. The quantitative estimate of drug-likeness (QED) is 0.188. The van der Waals surface area contributed by atoms with Crippen LogP contribution in [0.5, 0.6) is 0 Å². The van der Waals surface area contributed by atoms with Crippen LogP contribution in [0.1, 0.15) is 0 Å². The smallest absolute Gasteiger partial charge is 0.136 e. The number of hydrogen-bond donors (Lipinski definition) is 0. The van der Waals surface area contributed by atoms with E-state index in [0.29, 0.717) is 0 Å². The highest BCUT2D eigenvalue weighted by Gasteiger charge is 2.18. The van der Waals surface area contributed by atoms with Crippen LogP contribution in [0.2, 0.25) is 0 Å². The standard InChI is InChI=1S/C44H27NO2/c1-2-9-34-28(8-1)16-17-30-20-23-32(26-38(30)34)45(33-24-25-42-39(27-33)36-10-3-5-13-40(36)46-42)31-21-18-29(19-22-31)35-12-7-15-43-44(35)37-11-4-6-14-41(37)47-43/h1-27H. The third-order valence-corrected chi connectivity index (χ3v) is 9.45. The summed E-state index contributed by atoms with van der Waals surface area (Å²) in [6, 6.07) is 58.0. The molecule has 0 saturated heterocycles. The first-order valence-corrected chi connectivity index (χ1v) is 15.9. The second kappa shape index (κ2) is 10.1. The van der Waals surface area contributed by atoms with Crippen molar-refractivity contribution in [3.8, 4) is 11.1 Å². The molecule has 0 atom stereocenters. The van der Waals surface area contributed by atoms with Crippen LogP contribution in [0.15, 0.2) is 173 Å². The summed E-state index contributed by atoms with van der Waals surface area (Å²) in [5.41, 5.74) is 9.13. The number of benzene rings is 8.